The maximum Gasteiger partial charge on any atom is 0.219 e. The van der Waals surface area contributed by atoms with Crippen molar-refractivity contribution >= 4 is 11.8 Å². The molecule has 4 heteroatoms. The number of nitrogens with one attached hydrogen (secondary N) is 2. The average molecular weight is 327 g/mol. The molecule has 0 saturated carbocycles. The highest BCUT2D eigenvalue weighted by Gasteiger charge is 1.95. The van der Waals surface area contributed by atoms with Crippen molar-refractivity contribution in [2.75, 3.05) is 13.1 Å². The first kappa shape index (κ1) is 23.9. The first-order chi connectivity index (χ1) is 11.1. The summed E-state index contributed by atoms with van der Waals surface area (Å²) in [6, 6.07) is 0. The molecule has 0 spiro atoms. The largest absolute Gasteiger partial charge is 0.356 e. The van der Waals surface area contributed by atoms with Crippen molar-refractivity contribution in [2.24, 2.45) is 0 Å². The molecular formula is C19H38N2O2. The topological polar surface area (TPSA) is 58.2 Å². The van der Waals surface area contributed by atoms with E-state index in [1.165, 1.54) is 32.1 Å². The molecule has 2 N–H and O–H groups in total. The van der Waals surface area contributed by atoms with Gasteiger partial charge in [0.25, 0.3) is 0 Å². The molecule has 4 nitrogen and oxygen atoms in total. The van der Waals surface area contributed by atoms with Crippen molar-refractivity contribution in [3.63, 3.8) is 0 Å². The van der Waals surface area contributed by atoms with E-state index in [2.05, 4.69) is 24.1 Å². The van der Waals surface area contributed by atoms with Gasteiger partial charge in [0.1, 0.15) is 0 Å². The first-order valence-electron chi connectivity index (χ1n) is 9.20. The SMILES string of the molecule is C=CCCCNC(=O)CCC.CCCCCCCCNC(C)=O. The van der Waals surface area contributed by atoms with Crippen LogP contribution in [0.25, 0.3) is 0 Å². The molecule has 0 aromatic rings. The second kappa shape index (κ2) is 20.7. The smallest absolute Gasteiger partial charge is 0.219 e. The van der Waals surface area contributed by atoms with Crippen LogP contribution in [0.4, 0.5) is 0 Å². The molecule has 23 heavy (non-hydrogen) atoms. The van der Waals surface area contributed by atoms with Gasteiger partial charge in [0.15, 0.2) is 0 Å². The number of unbranched alkanes of at least 4 members (excludes halogenated alkanes) is 6. The fourth-order valence-electron chi connectivity index (χ4n) is 1.96. The van der Waals surface area contributed by atoms with Gasteiger partial charge in [-0.3, -0.25) is 9.59 Å². The van der Waals surface area contributed by atoms with Gasteiger partial charge in [-0.05, 0) is 25.7 Å². The molecule has 0 bridgehead atoms. The van der Waals surface area contributed by atoms with Gasteiger partial charge in [0.05, 0.1) is 0 Å². The van der Waals surface area contributed by atoms with Crippen molar-refractivity contribution in [3.8, 4) is 0 Å². The van der Waals surface area contributed by atoms with E-state index in [0.717, 1.165) is 38.8 Å². The molecule has 0 saturated heterocycles. The highest BCUT2D eigenvalue weighted by molar-refractivity contribution is 5.75. The molecule has 0 aromatic heterocycles. The molecular weight excluding hydrogens is 288 g/mol. The van der Waals surface area contributed by atoms with Gasteiger partial charge < -0.3 is 10.6 Å². The normalized spacial score (nSPS) is 9.52. The first-order valence-corrected chi connectivity index (χ1v) is 9.20. The lowest BCUT2D eigenvalue weighted by atomic mass is 10.1. The Morgan fingerprint density at radius 3 is 2.04 bits per heavy atom. The quantitative estimate of drug-likeness (QED) is 0.390. The minimum atomic E-state index is 0.0866. The summed E-state index contributed by atoms with van der Waals surface area (Å²) in [5, 5.41) is 5.63. The molecule has 0 aliphatic carbocycles. The predicted octanol–water partition coefficient (Wildman–Crippen LogP) is 4.35. The van der Waals surface area contributed by atoms with E-state index in [4.69, 9.17) is 0 Å². The van der Waals surface area contributed by atoms with Crippen LogP contribution < -0.4 is 10.6 Å². The number of hydrogen-bond donors (Lipinski definition) is 2. The molecule has 0 aliphatic heterocycles. The zero-order valence-electron chi connectivity index (χ0n) is 15.6. The summed E-state index contributed by atoms with van der Waals surface area (Å²) in [6.45, 7) is 11.0. The zero-order valence-corrected chi connectivity index (χ0v) is 15.6. The minimum absolute atomic E-state index is 0.0866. The third kappa shape index (κ3) is 25.9. The number of rotatable bonds is 13. The number of carbonyl (C=O) groups excluding carboxylic acids is 2. The van der Waals surface area contributed by atoms with E-state index in [-0.39, 0.29) is 11.8 Å². The minimum Gasteiger partial charge on any atom is -0.356 e. The monoisotopic (exact) mass is 326 g/mol. The fourth-order valence-corrected chi connectivity index (χ4v) is 1.96. The standard InChI is InChI=1S/C10H21NO.C9H17NO/c1-3-4-5-6-7-8-9-11-10(2)12;1-3-5-6-8-10-9(11)7-4-2/h3-9H2,1-2H3,(H,11,12);3H,1,4-8H2,2H3,(H,10,11). The van der Waals surface area contributed by atoms with Gasteiger partial charge >= 0.3 is 0 Å². The molecule has 136 valence electrons. The highest BCUT2D eigenvalue weighted by atomic mass is 16.2. The van der Waals surface area contributed by atoms with Gasteiger partial charge in [-0.1, -0.05) is 52.0 Å². The maximum absolute atomic E-state index is 10.9. The summed E-state index contributed by atoms with van der Waals surface area (Å²) in [5.41, 5.74) is 0. The van der Waals surface area contributed by atoms with Crippen LogP contribution in [-0.4, -0.2) is 24.9 Å². The van der Waals surface area contributed by atoms with E-state index in [1.54, 1.807) is 6.92 Å². The van der Waals surface area contributed by atoms with Crippen LogP contribution in [0, 0.1) is 0 Å². The summed E-state index contributed by atoms with van der Waals surface area (Å²) < 4.78 is 0. The lowest BCUT2D eigenvalue weighted by Gasteiger charge is -2.01. The Labute approximate surface area is 143 Å². The number of carbonyl (C=O) groups is 2. The van der Waals surface area contributed by atoms with Gasteiger partial charge in [0, 0.05) is 26.4 Å². The number of allylic oxidation sites excluding steroid dienone is 1. The zero-order chi connectivity index (χ0) is 17.8. The molecule has 0 fully saturated rings. The van der Waals surface area contributed by atoms with E-state index in [9.17, 15) is 9.59 Å². The molecule has 0 rings (SSSR count). The summed E-state index contributed by atoms with van der Waals surface area (Å²) in [6.07, 6.45) is 13.1. The predicted molar refractivity (Wildman–Crippen MR) is 99.4 cm³/mol. The van der Waals surface area contributed by atoms with Gasteiger partial charge in [-0.2, -0.15) is 0 Å². The van der Waals surface area contributed by atoms with Crippen molar-refractivity contribution in [1.82, 2.24) is 10.6 Å². The second-order valence-electron chi connectivity index (χ2n) is 5.78. The molecule has 0 atom stereocenters. The molecule has 2 amide bonds. The van der Waals surface area contributed by atoms with Crippen LogP contribution in [0.15, 0.2) is 12.7 Å². The maximum atomic E-state index is 10.9. The lowest BCUT2D eigenvalue weighted by molar-refractivity contribution is -0.121. The van der Waals surface area contributed by atoms with Crippen LogP contribution in [0.3, 0.4) is 0 Å². The Bertz CT molecular complexity index is 291. The Morgan fingerprint density at radius 2 is 1.48 bits per heavy atom. The third-order valence-corrected chi connectivity index (χ3v) is 3.29. The van der Waals surface area contributed by atoms with Crippen molar-refractivity contribution < 1.29 is 9.59 Å². The van der Waals surface area contributed by atoms with E-state index in [0.29, 0.717) is 6.42 Å². The van der Waals surface area contributed by atoms with E-state index >= 15 is 0 Å². The van der Waals surface area contributed by atoms with E-state index < -0.39 is 0 Å². The van der Waals surface area contributed by atoms with Crippen LogP contribution in [0.2, 0.25) is 0 Å². The van der Waals surface area contributed by atoms with Crippen molar-refractivity contribution in [3.05, 3.63) is 12.7 Å². The molecule has 0 aromatic carbocycles. The summed E-state index contributed by atoms with van der Waals surface area (Å²) in [4.78, 5) is 21.3. The van der Waals surface area contributed by atoms with Gasteiger partial charge in [0.2, 0.25) is 11.8 Å². The lowest BCUT2D eigenvalue weighted by Crippen LogP contribution is -2.23. The third-order valence-electron chi connectivity index (χ3n) is 3.29. The Hall–Kier alpha value is -1.32. The molecule has 0 heterocycles. The Kier molecular flexibility index (Phi) is 21.5. The Balaban J connectivity index is 0. The number of amides is 2. The average Bonchev–Trinajstić information content (AvgIpc) is 2.51. The summed E-state index contributed by atoms with van der Waals surface area (Å²) in [7, 11) is 0. The molecule has 0 aliphatic rings. The highest BCUT2D eigenvalue weighted by Crippen LogP contribution is 2.03. The summed E-state index contributed by atoms with van der Waals surface area (Å²) >= 11 is 0. The van der Waals surface area contributed by atoms with Crippen LogP contribution >= 0.6 is 0 Å². The number of hydrogen-bond acceptors (Lipinski definition) is 2. The molecule has 0 unspecified atom stereocenters. The Morgan fingerprint density at radius 1 is 0.870 bits per heavy atom. The van der Waals surface area contributed by atoms with E-state index in [1.807, 2.05) is 13.0 Å². The van der Waals surface area contributed by atoms with Crippen LogP contribution in [-0.2, 0) is 9.59 Å². The van der Waals surface area contributed by atoms with Gasteiger partial charge in [-0.25, -0.2) is 0 Å². The van der Waals surface area contributed by atoms with Crippen molar-refractivity contribution in [1.29, 1.82) is 0 Å². The summed E-state index contributed by atoms with van der Waals surface area (Å²) in [5.74, 6) is 0.250. The fraction of sp³-hybridized carbons (Fsp3) is 0.789. The van der Waals surface area contributed by atoms with Gasteiger partial charge in [-0.15, -0.1) is 6.58 Å². The second-order valence-corrected chi connectivity index (χ2v) is 5.78. The van der Waals surface area contributed by atoms with Crippen LogP contribution in [0.1, 0.15) is 85.0 Å². The van der Waals surface area contributed by atoms with Crippen LogP contribution in [0.5, 0.6) is 0 Å². The molecule has 0 radical (unpaired) electrons. The van der Waals surface area contributed by atoms with Crippen molar-refractivity contribution in [2.45, 2.75) is 85.0 Å².